The van der Waals surface area contributed by atoms with E-state index in [2.05, 4.69) is 49.1 Å². The third kappa shape index (κ3) is 3.40. The predicted molar refractivity (Wildman–Crippen MR) is 102 cm³/mol. The number of fused-ring (bicyclic) bond motifs is 1. The summed E-state index contributed by atoms with van der Waals surface area (Å²) in [7, 11) is 1.52. The highest BCUT2D eigenvalue weighted by Gasteiger charge is 2.52. The van der Waals surface area contributed by atoms with Gasteiger partial charge in [0.15, 0.2) is 0 Å². The summed E-state index contributed by atoms with van der Waals surface area (Å²) in [5, 5.41) is 4.03. The summed E-state index contributed by atoms with van der Waals surface area (Å²) in [5.41, 5.74) is 8.10. The highest BCUT2D eigenvalue weighted by Crippen LogP contribution is 2.38. The van der Waals surface area contributed by atoms with E-state index in [1.165, 1.54) is 6.33 Å². The molecule has 1 fully saturated rings. The zero-order chi connectivity index (χ0) is 18.2. The van der Waals surface area contributed by atoms with Crippen LogP contribution in [-0.2, 0) is 9.31 Å². The maximum absolute atomic E-state index is 6.18. The summed E-state index contributed by atoms with van der Waals surface area (Å²) in [6.45, 7) is 8.88. The molecule has 1 aromatic heterocycles. The first-order chi connectivity index (χ1) is 11.7. The molecule has 1 aliphatic heterocycles. The molecule has 0 spiro atoms. The van der Waals surface area contributed by atoms with E-state index in [-0.39, 0.29) is 11.2 Å². The Kier molecular flexibility index (Phi) is 4.57. The number of nitrogens with zero attached hydrogens (tertiary/aromatic N) is 2. The number of aromatic nitrogens is 2. The molecule has 1 saturated heterocycles. The van der Waals surface area contributed by atoms with Gasteiger partial charge < -0.3 is 20.4 Å². The Labute approximate surface area is 149 Å². The fourth-order valence-corrected chi connectivity index (χ4v) is 2.80. The molecule has 0 aliphatic carbocycles. The van der Waals surface area contributed by atoms with Gasteiger partial charge in [-0.05, 0) is 57.9 Å². The smallest absolute Gasteiger partial charge is 0.400 e. The second kappa shape index (κ2) is 6.40. The number of hydrogen-bond donors (Lipinski definition) is 2. The molecule has 0 bridgehead atoms. The van der Waals surface area contributed by atoms with Crippen molar-refractivity contribution < 1.29 is 9.31 Å². The first-order valence-corrected chi connectivity index (χ1v) is 8.44. The average molecular weight is 340 g/mol. The van der Waals surface area contributed by atoms with Crippen molar-refractivity contribution in [1.82, 2.24) is 15.3 Å². The van der Waals surface area contributed by atoms with Crippen molar-refractivity contribution in [3.8, 4) is 0 Å². The van der Waals surface area contributed by atoms with Crippen molar-refractivity contribution in [2.75, 3.05) is 19.3 Å². The largest absolute Gasteiger partial charge is 0.491 e. The second-order valence-corrected chi connectivity index (χ2v) is 7.37. The van der Waals surface area contributed by atoms with Gasteiger partial charge >= 0.3 is 7.12 Å². The standard InChI is InChI=1S/C18H25BN4O2/c1-17(2)18(3,4)25-19(24-17)13(10-21-5)8-12-6-7-15-14(9-12)16(20)23-11-22-15/h6-9,11,21H,10H2,1-5H3,(H2,20,22,23). The summed E-state index contributed by atoms with van der Waals surface area (Å²) < 4.78 is 12.4. The molecule has 1 aliphatic rings. The average Bonchev–Trinajstić information content (AvgIpc) is 2.76. The van der Waals surface area contributed by atoms with Crippen LogP contribution in [0.1, 0.15) is 33.3 Å². The molecule has 0 amide bonds. The normalized spacial score (nSPS) is 19.6. The fourth-order valence-electron chi connectivity index (χ4n) is 2.80. The molecular weight excluding hydrogens is 315 g/mol. The Morgan fingerprint density at radius 3 is 2.52 bits per heavy atom. The lowest BCUT2D eigenvalue weighted by Gasteiger charge is -2.32. The van der Waals surface area contributed by atoms with Crippen LogP contribution in [0.5, 0.6) is 0 Å². The van der Waals surface area contributed by atoms with E-state index in [4.69, 9.17) is 15.0 Å². The van der Waals surface area contributed by atoms with E-state index >= 15 is 0 Å². The molecule has 2 aromatic rings. The number of benzene rings is 1. The van der Waals surface area contributed by atoms with Crippen LogP contribution in [-0.4, -0.2) is 41.9 Å². The van der Waals surface area contributed by atoms with Gasteiger partial charge in [0.05, 0.1) is 16.7 Å². The van der Waals surface area contributed by atoms with Crippen molar-refractivity contribution in [2.45, 2.75) is 38.9 Å². The predicted octanol–water partition coefficient (Wildman–Crippen LogP) is 2.45. The van der Waals surface area contributed by atoms with Crippen LogP contribution in [0, 0.1) is 0 Å². The Morgan fingerprint density at radius 1 is 1.20 bits per heavy atom. The summed E-state index contributed by atoms with van der Waals surface area (Å²) in [6, 6.07) is 5.95. The molecule has 132 valence electrons. The van der Waals surface area contributed by atoms with Gasteiger partial charge in [0.2, 0.25) is 0 Å². The first-order valence-electron chi connectivity index (χ1n) is 8.44. The maximum Gasteiger partial charge on any atom is 0.491 e. The Balaban J connectivity index is 1.97. The lowest BCUT2D eigenvalue weighted by Crippen LogP contribution is -2.41. The van der Waals surface area contributed by atoms with E-state index in [9.17, 15) is 0 Å². The number of nitrogens with two attached hydrogens (primary N) is 1. The molecule has 6 nitrogen and oxygen atoms in total. The quantitative estimate of drug-likeness (QED) is 0.832. The van der Waals surface area contributed by atoms with Gasteiger partial charge in [-0.3, -0.25) is 0 Å². The van der Waals surface area contributed by atoms with Gasteiger partial charge in [-0.15, -0.1) is 0 Å². The number of anilines is 1. The highest BCUT2D eigenvalue weighted by atomic mass is 16.7. The van der Waals surface area contributed by atoms with Gasteiger partial charge in [0, 0.05) is 11.9 Å². The van der Waals surface area contributed by atoms with Crippen molar-refractivity contribution in [1.29, 1.82) is 0 Å². The molecule has 7 heteroatoms. The van der Waals surface area contributed by atoms with Gasteiger partial charge in [-0.2, -0.15) is 0 Å². The third-order valence-electron chi connectivity index (χ3n) is 4.98. The summed E-state index contributed by atoms with van der Waals surface area (Å²) in [4.78, 5) is 8.30. The lowest BCUT2D eigenvalue weighted by molar-refractivity contribution is 0.00578. The van der Waals surface area contributed by atoms with E-state index in [1.54, 1.807) is 0 Å². The van der Waals surface area contributed by atoms with Gasteiger partial charge in [0.1, 0.15) is 12.1 Å². The second-order valence-electron chi connectivity index (χ2n) is 7.37. The molecule has 1 aromatic carbocycles. The van der Waals surface area contributed by atoms with Crippen LogP contribution < -0.4 is 11.1 Å². The van der Waals surface area contributed by atoms with Crippen LogP contribution >= 0.6 is 0 Å². The molecule has 0 unspecified atom stereocenters. The SMILES string of the molecule is CNCC(=Cc1ccc2ncnc(N)c2c1)B1OC(C)(C)C(C)(C)O1. The Hall–Kier alpha value is -1.96. The molecule has 0 saturated carbocycles. The zero-order valence-corrected chi connectivity index (χ0v) is 15.5. The van der Waals surface area contributed by atoms with E-state index in [0.717, 1.165) is 21.9 Å². The summed E-state index contributed by atoms with van der Waals surface area (Å²) in [5.74, 6) is 0.478. The minimum absolute atomic E-state index is 0.369. The molecule has 0 atom stereocenters. The lowest BCUT2D eigenvalue weighted by atomic mass is 9.77. The minimum Gasteiger partial charge on any atom is -0.400 e. The monoisotopic (exact) mass is 340 g/mol. The number of nitrogens with one attached hydrogen (secondary N) is 1. The molecular formula is C18H25BN4O2. The molecule has 3 rings (SSSR count). The number of nitrogen functional groups attached to an aromatic ring is 1. The van der Waals surface area contributed by atoms with Gasteiger partial charge in [-0.1, -0.05) is 12.1 Å². The third-order valence-corrected chi connectivity index (χ3v) is 4.98. The highest BCUT2D eigenvalue weighted by molar-refractivity contribution is 6.55. The first kappa shape index (κ1) is 17.9. The Morgan fingerprint density at radius 2 is 1.88 bits per heavy atom. The van der Waals surface area contributed by atoms with E-state index in [1.807, 2.05) is 25.2 Å². The zero-order valence-electron chi connectivity index (χ0n) is 15.5. The fraction of sp³-hybridized carbons (Fsp3) is 0.444. The van der Waals surface area contributed by atoms with Crippen LogP contribution in [0.3, 0.4) is 0 Å². The maximum atomic E-state index is 6.18. The van der Waals surface area contributed by atoms with E-state index in [0.29, 0.717) is 12.4 Å². The number of likely N-dealkylation sites (N-methyl/N-ethyl adjacent to an activating group) is 1. The number of rotatable bonds is 4. The van der Waals surface area contributed by atoms with Crippen LogP contribution in [0.25, 0.3) is 17.0 Å². The minimum atomic E-state index is -0.391. The van der Waals surface area contributed by atoms with Crippen molar-refractivity contribution in [3.63, 3.8) is 0 Å². The van der Waals surface area contributed by atoms with Crippen LogP contribution in [0.2, 0.25) is 0 Å². The van der Waals surface area contributed by atoms with Gasteiger partial charge in [-0.25, -0.2) is 9.97 Å². The van der Waals surface area contributed by atoms with E-state index < -0.39 is 7.12 Å². The van der Waals surface area contributed by atoms with Crippen molar-refractivity contribution in [3.05, 3.63) is 35.6 Å². The van der Waals surface area contributed by atoms with Crippen LogP contribution in [0.4, 0.5) is 5.82 Å². The van der Waals surface area contributed by atoms with Gasteiger partial charge in [0.25, 0.3) is 0 Å². The molecule has 0 radical (unpaired) electrons. The topological polar surface area (TPSA) is 82.3 Å². The molecule has 3 N–H and O–H groups in total. The van der Waals surface area contributed by atoms with Crippen LogP contribution in [0.15, 0.2) is 30.0 Å². The summed E-state index contributed by atoms with van der Waals surface area (Å²) in [6.07, 6.45) is 3.55. The van der Waals surface area contributed by atoms with Crippen molar-refractivity contribution >= 4 is 29.9 Å². The summed E-state index contributed by atoms with van der Waals surface area (Å²) >= 11 is 0. The van der Waals surface area contributed by atoms with Crippen molar-refractivity contribution in [2.24, 2.45) is 0 Å². The number of hydrogen-bond acceptors (Lipinski definition) is 6. The molecule has 2 heterocycles. The molecule has 25 heavy (non-hydrogen) atoms. The Bertz CT molecular complexity index is 804.